The Balaban J connectivity index is 1.88. The Bertz CT molecular complexity index is 328. The summed E-state index contributed by atoms with van der Waals surface area (Å²) in [5.41, 5.74) is 1.91. The van der Waals surface area contributed by atoms with Crippen molar-refractivity contribution >= 4 is 5.84 Å². The van der Waals surface area contributed by atoms with Gasteiger partial charge in [0, 0.05) is 19.2 Å². The molecule has 1 aliphatic rings. The first-order valence-electron chi connectivity index (χ1n) is 4.89. The zero-order chi connectivity index (χ0) is 9.80. The lowest BCUT2D eigenvalue weighted by molar-refractivity contribution is 0.842. The zero-order valence-corrected chi connectivity index (χ0v) is 8.32. The number of hydrogen-bond donors (Lipinski definition) is 1. The molecule has 0 atom stereocenters. The van der Waals surface area contributed by atoms with Gasteiger partial charge in [-0.15, -0.1) is 0 Å². The van der Waals surface area contributed by atoms with Gasteiger partial charge in [-0.3, -0.25) is 15.0 Å². The first kappa shape index (κ1) is 9.12. The predicted molar refractivity (Wildman–Crippen MR) is 55.1 cm³/mol. The highest BCUT2D eigenvalue weighted by molar-refractivity contribution is 5.83. The van der Waals surface area contributed by atoms with Crippen LogP contribution in [-0.2, 0) is 6.54 Å². The molecule has 0 aliphatic carbocycles. The SMILES string of the molecule is Cc1cnc(CNC2=NCCC2)cn1. The van der Waals surface area contributed by atoms with Crippen LogP contribution in [0.25, 0.3) is 0 Å². The van der Waals surface area contributed by atoms with Crippen LogP contribution in [0.2, 0.25) is 0 Å². The van der Waals surface area contributed by atoms with Gasteiger partial charge < -0.3 is 5.32 Å². The minimum Gasteiger partial charge on any atom is -0.368 e. The molecule has 74 valence electrons. The maximum atomic E-state index is 4.33. The van der Waals surface area contributed by atoms with E-state index in [9.17, 15) is 0 Å². The fourth-order valence-electron chi connectivity index (χ4n) is 1.39. The number of amidine groups is 1. The van der Waals surface area contributed by atoms with E-state index in [1.807, 2.05) is 6.92 Å². The Morgan fingerprint density at radius 2 is 2.29 bits per heavy atom. The van der Waals surface area contributed by atoms with E-state index in [4.69, 9.17) is 0 Å². The van der Waals surface area contributed by atoms with Crippen LogP contribution in [-0.4, -0.2) is 22.3 Å². The van der Waals surface area contributed by atoms with Gasteiger partial charge in [0.05, 0.1) is 30.0 Å². The molecule has 1 aliphatic heterocycles. The van der Waals surface area contributed by atoms with Gasteiger partial charge in [0.25, 0.3) is 0 Å². The Hall–Kier alpha value is -1.45. The fourth-order valence-corrected chi connectivity index (χ4v) is 1.39. The number of hydrogen-bond acceptors (Lipinski definition) is 4. The molecule has 0 saturated heterocycles. The van der Waals surface area contributed by atoms with Gasteiger partial charge >= 0.3 is 0 Å². The Kier molecular flexibility index (Phi) is 2.72. The standard InChI is InChI=1S/C10H14N4/c1-8-5-13-9(6-12-8)7-14-10-3-2-4-11-10/h5-6H,2-4,7H2,1H3,(H,11,14). The van der Waals surface area contributed by atoms with Gasteiger partial charge in [-0.25, -0.2) is 0 Å². The Labute approximate surface area is 83.5 Å². The summed E-state index contributed by atoms with van der Waals surface area (Å²) in [4.78, 5) is 12.8. The average molecular weight is 190 g/mol. The largest absolute Gasteiger partial charge is 0.368 e. The summed E-state index contributed by atoms with van der Waals surface area (Å²) in [6.45, 7) is 3.62. The Morgan fingerprint density at radius 3 is 2.93 bits per heavy atom. The van der Waals surface area contributed by atoms with Gasteiger partial charge in [-0.05, 0) is 13.3 Å². The van der Waals surface area contributed by atoms with Gasteiger partial charge in [0.2, 0.25) is 0 Å². The summed E-state index contributed by atoms with van der Waals surface area (Å²) in [6.07, 6.45) is 5.83. The topological polar surface area (TPSA) is 50.2 Å². The molecule has 0 unspecified atom stereocenters. The lowest BCUT2D eigenvalue weighted by atomic mass is 10.3. The van der Waals surface area contributed by atoms with Crippen molar-refractivity contribution in [3.8, 4) is 0 Å². The molecular formula is C10H14N4. The molecule has 2 heterocycles. The van der Waals surface area contributed by atoms with Crippen molar-refractivity contribution in [3.63, 3.8) is 0 Å². The molecule has 1 aromatic rings. The average Bonchev–Trinajstić information content (AvgIpc) is 2.70. The van der Waals surface area contributed by atoms with E-state index in [-0.39, 0.29) is 0 Å². The summed E-state index contributed by atoms with van der Waals surface area (Å²) in [5.74, 6) is 1.10. The van der Waals surface area contributed by atoms with Crippen molar-refractivity contribution < 1.29 is 0 Å². The lowest BCUT2D eigenvalue weighted by Crippen LogP contribution is -2.21. The second kappa shape index (κ2) is 4.17. The maximum absolute atomic E-state index is 4.33. The monoisotopic (exact) mass is 190 g/mol. The molecule has 0 bridgehead atoms. The van der Waals surface area contributed by atoms with Crippen LogP contribution in [0, 0.1) is 6.92 Å². The molecule has 0 aromatic carbocycles. The summed E-state index contributed by atoms with van der Waals surface area (Å²) in [5, 5.41) is 3.26. The number of nitrogens with one attached hydrogen (secondary N) is 1. The summed E-state index contributed by atoms with van der Waals surface area (Å²) >= 11 is 0. The number of aromatic nitrogens is 2. The molecule has 2 rings (SSSR count). The van der Waals surface area contributed by atoms with Crippen LogP contribution >= 0.6 is 0 Å². The summed E-state index contributed by atoms with van der Waals surface area (Å²) in [7, 11) is 0. The van der Waals surface area contributed by atoms with Crippen molar-refractivity contribution in [2.75, 3.05) is 6.54 Å². The van der Waals surface area contributed by atoms with Crippen LogP contribution in [0.15, 0.2) is 17.4 Å². The minimum atomic E-state index is 0.728. The van der Waals surface area contributed by atoms with E-state index in [1.54, 1.807) is 12.4 Å². The lowest BCUT2D eigenvalue weighted by Gasteiger charge is -2.04. The van der Waals surface area contributed by atoms with Crippen molar-refractivity contribution in [2.24, 2.45) is 4.99 Å². The van der Waals surface area contributed by atoms with Crippen molar-refractivity contribution in [1.82, 2.24) is 15.3 Å². The van der Waals surface area contributed by atoms with Gasteiger partial charge in [-0.2, -0.15) is 0 Å². The van der Waals surface area contributed by atoms with Crippen LogP contribution in [0.5, 0.6) is 0 Å². The van der Waals surface area contributed by atoms with E-state index in [2.05, 4.69) is 20.3 Å². The van der Waals surface area contributed by atoms with Crippen molar-refractivity contribution in [2.45, 2.75) is 26.3 Å². The fraction of sp³-hybridized carbons (Fsp3) is 0.500. The minimum absolute atomic E-state index is 0.728. The van der Waals surface area contributed by atoms with E-state index < -0.39 is 0 Å². The molecule has 0 fully saturated rings. The molecule has 1 aromatic heterocycles. The number of nitrogens with zero attached hydrogens (tertiary/aromatic N) is 3. The summed E-state index contributed by atoms with van der Waals surface area (Å²) < 4.78 is 0. The summed E-state index contributed by atoms with van der Waals surface area (Å²) in [6, 6.07) is 0. The number of aliphatic imine (C=N–C) groups is 1. The third-order valence-electron chi connectivity index (χ3n) is 2.18. The first-order chi connectivity index (χ1) is 6.84. The third kappa shape index (κ3) is 2.28. The second-order valence-corrected chi connectivity index (χ2v) is 3.43. The number of rotatable bonds is 2. The van der Waals surface area contributed by atoms with Crippen LogP contribution < -0.4 is 5.32 Å². The predicted octanol–water partition coefficient (Wildman–Crippen LogP) is 1.07. The molecule has 4 heteroatoms. The zero-order valence-electron chi connectivity index (χ0n) is 8.32. The highest BCUT2D eigenvalue weighted by Crippen LogP contribution is 2.02. The Morgan fingerprint density at radius 1 is 1.36 bits per heavy atom. The van der Waals surface area contributed by atoms with Crippen LogP contribution in [0.3, 0.4) is 0 Å². The van der Waals surface area contributed by atoms with Crippen molar-refractivity contribution in [3.05, 3.63) is 23.8 Å². The van der Waals surface area contributed by atoms with Crippen LogP contribution in [0.1, 0.15) is 24.2 Å². The van der Waals surface area contributed by atoms with E-state index in [0.29, 0.717) is 0 Å². The van der Waals surface area contributed by atoms with E-state index in [0.717, 1.165) is 36.7 Å². The molecule has 0 saturated carbocycles. The molecule has 0 amide bonds. The molecule has 1 N–H and O–H groups in total. The van der Waals surface area contributed by atoms with Gasteiger partial charge in [0.1, 0.15) is 0 Å². The smallest absolute Gasteiger partial charge is 0.0966 e. The third-order valence-corrected chi connectivity index (χ3v) is 2.18. The molecular weight excluding hydrogens is 176 g/mol. The first-order valence-corrected chi connectivity index (χ1v) is 4.89. The van der Waals surface area contributed by atoms with E-state index in [1.165, 1.54) is 6.42 Å². The normalized spacial score (nSPS) is 15.4. The van der Waals surface area contributed by atoms with Gasteiger partial charge in [-0.1, -0.05) is 0 Å². The van der Waals surface area contributed by atoms with Gasteiger partial charge in [0.15, 0.2) is 0 Å². The quantitative estimate of drug-likeness (QED) is 0.758. The molecule has 0 spiro atoms. The van der Waals surface area contributed by atoms with Crippen molar-refractivity contribution in [1.29, 1.82) is 0 Å². The second-order valence-electron chi connectivity index (χ2n) is 3.43. The van der Waals surface area contributed by atoms with Crippen LogP contribution in [0.4, 0.5) is 0 Å². The molecule has 0 radical (unpaired) electrons. The maximum Gasteiger partial charge on any atom is 0.0966 e. The molecule has 14 heavy (non-hydrogen) atoms. The highest BCUT2D eigenvalue weighted by Gasteiger charge is 2.05. The number of aryl methyl sites for hydroxylation is 1. The highest BCUT2D eigenvalue weighted by atomic mass is 15.0. The molecule has 4 nitrogen and oxygen atoms in total. The van der Waals surface area contributed by atoms with E-state index >= 15 is 0 Å².